The van der Waals surface area contributed by atoms with E-state index in [4.69, 9.17) is 9.47 Å². The molecule has 2 atom stereocenters. The summed E-state index contributed by atoms with van der Waals surface area (Å²) in [6.45, 7) is 8.16. The number of quaternary nitrogens is 1. The molecule has 1 aliphatic heterocycles. The first-order chi connectivity index (χ1) is 13.7. The number of benzene rings is 2. The third kappa shape index (κ3) is 4.86. The van der Waals surface area contributed by atoms with E-state index in [1.165, 1.54) is 0 Å². The maximum atomic E-state index is 12.6. The summed E-state index contributed by atoms with van der Waals surface area (Å²) in [5.41, 5.74) is 4.69. The van der Waals surface area contributed by atoms with Crippen LogP contribution in [0.25, 0.3) is 0 Å². The van der Waals surface area contributed by atoms with Crippen LogP contribution in [0.3, 0.4) is 0 Å². The number of rotatable bonds is 6. The number of carbonyl (C=O) groups excluding carboxylic acids is 2. The largest absolute Gasteiger partial charge is 0.454 e. The van der Waals surface area contributed by atoms with Gasteiger partial charge in [-0.15, -0.1) is 0 Å². The lowest BCUT2D eigenvalue weighted by Crippen LogP contribution is -3.14. The molecule has 3 N–H and O–H groups in total. The number of ether oxygens (including phenoxy) is 2. The highest BCUT2D eigenvalue weighted by Crippen LogP contribution is 2.34. The predicted molar refractivity (Wildman–Crippen MR) is 112 cm³/mol. The minimum Gasteiger partial charge on any atom is -0.454 e. The Bertz CT molecular complexity index is 919. The van der Waals surface area contributed by atoms with Crippen molar-refractivity contribution in [3.63, 3.8) is 0 Å². The summed E-state index contributed by atoms with van der Waals surface area (Å²) in [5, 5.41) is 5.86. The van der Waals surface area contributed by atoms with Crippen LogP contribution in [0.15, 0.2) is 30.3 Å². The quantitative estimate of drug-likeness (QED) is 0.693. The summed E-state index contributed by atoms with van der Waals surface area (Å²) in [6.07, 6.45) is 0. The summed E-state index contributed by atoms with van der Waals surface area (Å²) in [5.74, 6) is 0.980. The molecule has 0 fully saturated rings. The third-order valence-corrected chi connectivity index (χ3v) is 5.15. The third-order valence-electron chi connectivity index (χ3n) is 5.15. The molecule has 29 heavy (non-hydrogen) atoms. The molecule has 0 saturated carbocycles. The van der Waals surface area contributed by atoms with E-state index in [0.717, 1.165) is 27.3 Å². The molecule has 0 bridgehead atoms. The van der Waals surface area contributed by atoms with Crippen LogP contribution in [-0.4, -0.2) is 38.2 Å². The molecule has 2 aromatic carbocycles. The molecule has 7 nitrogen and oxygen atoms in total. The zero-order valence-electron chi connectivity index (χ0n) is 17.5. The smallest absolute Gasteiger partial charge is 0.282 e. The van der Waals surface area contributed by atoms with Crippen LogP contribution in [0.5, 0.6) is 11.5 Å². The van der Waals surface area contributed by atoms with Gasteiger partial charge in [-0.25, -0.2) is 0 Å². The molecule has 0 aromatic heterocycles. The van der Waals surface area contributed by atoms with Crippen molar-refractivity contribution < 1.29 is 24.0 Å². The fraction of sp³-hybridized carbons (Fsp3) is 0.364. The van der Waals surface area contributed by atoms with Crippen molar-refractivity contribution >= 4 is 23.2 Å². The van der Waals surface area contributed by atoms with Crippen molar-refractivity contribution in [2.75, 3.05) is 31.0 Å². The SMILES string of the molecule is Cc1cc(C)c(NC(=O)C[NH+](C)[C@@H](C)C(=O)Nc2ccc3c(c2)OCO3)c(C)c1. The fourth-order valence-electron chi connectivity index (χ4n) is 3.42. The van der Waals surface area contributed by atoms with Gasteiger partial charge in [0.05, 0.1) is 7.05 Å². The van der Waals surface area contributed by atoms with Crippen molar-refractivity contribution in [1.82, 2.24) is 0 Å². The monoisotopic (exact) mass is 398 g/mol. The van der Waals surface area contributed by atoms with Crippen molar-refractivity contribution in [1.29, 1.82) is 0 Å². The Kier molecular flexibility index (Phi) is 6.08. The van der Waals surface area contributed by atoms with Crippen molar-refractivity contribution in [2.24, 2.45) is 0 Å². The van der Waals surface area contributed by atoms with E-state index in [2.05, 4.69) is 10.6 Å². The Balaban J connectivity index is 1.57. The molecule has 0 spiro atoms. The van der Waals surface area contributed by atoms with E-state index in [0.29, 0.717) is 17.2 Å². The van der Waals surface area contributed by atoms with Gasteiger partial charge in [-0.2, -0.15) is 0 Å². The Hall–Kier alpha value is -3.06. The molecule has 2 amide bonds. The van der Waals surface area contributed by atoms with Gasteiger partial charge in [-0.1, -0.05) is 17.7 Å². The van der Waals surface area contributed by atoms with Gasteiger partial charge in [0.25, 0.3) is 11.8 Å². The second-order valence-corrected chi connectivity index (χ2v) is 7.62. The van der Waals surface area contributed by atoms with Gasteiger partial charge in [0, 0.05) is 17.4 Å². The second-order valence-electron chi connectivity index (χ2n) is 7.62. The average molecular weight is 398 g/mol. The predicted octanol–water partition coefficient (Wildman–Crippen LogP) is 1.82. The lowest BCUT2D eigenvalue weighted by atomic mass is 10.1. The Morgan fingerprint density at radius 2 is 1.69 bits per heavy atom. The van der Waals surface area contributed by atoms with Crippen molar-refractivity contribution in [3.8, 4) is 11.5 Å². The molecule has 3 rings (SSSR count). The molecule has 1 unspecified atom stereocenters. The van der Waals surface area contributed by atoms with Gasteiger partial charge in [0.2, 0.25) is 6.79 Å². The number of aryl methyl sites for hydroxylation is 3. The van der Waals surface area contributed by atoms with E-state index in [1.54, 1.807) is 25.1 Å². The highest BCUT2D eigenvalue weighted by Gasteiger charge is 2.25. The highest BCUT2D eigenvalue weighted by atomic mass is 16.7. The fourth-order valence-corrected chi connectivity index (χ4v) is 3.42. The van der Waals surface area contributed by atoms with Crippen molar-refractivity contribution in [2.45, 2.75) is 33.7 Å². The Morgan fingerprint density at radius 1 is 1.03 bits per heavy atom. The van der Waals surface area contributed by atoms with Gasteiger partial charge in [0.1, 0.15) is 0 Å². The van der Waals surface area contributed by atoms with Crippen LogP contribution in [0.1, 0.15) is 23.6 Å². The number of nitrogens with one attached hydrogen (secondary N) is 3. The van der Waals surface area contributed by atoms with Crippen LogP contribution < -0.4 is 25.0 Å². The van der Waals surface area contributed by atoms with Crippen LogP contribution in [0, 0.1) is 20.8 Å². The Morgan fingerprint density at radius 3 is 2.38 bits per heavy atom. The zero-order valence-corrected chi connectivity index (χ0v) is 17.5. The number of likely N-dealkylation sites (N-methyl/N-ethyl adjacent to an activating group) is 1. The molecule has 2 aromatic rings. The zero-order chi connectivity index (χ0) is 21.1. The van der Waals surface area contributed by atoms with Gasteiger partial charge in [0.15, 0.2) is 24.1 Å². The van der Waals surface area contributed by atoms with Crippen LogP contribution in [0.4, 0.5) is 11.4 Å². The number of fused-ring (bicyclic) bond motifs is 1. The van der Waals surface area contributed by atoms with Gasteiger partial charge in [-0.3, -0.25) is 9.59 Å². The van der Waals surface area contributed by atoms with Gasteiger partial charge >= 0.3 is 0 Å². The summed E-state index contributed by atoms with van der Waals surface area (Å²) < 4.78 is 10.6. The molecular formula is C22H28N3O4+. The number of anilines is 2. The number of amides is 2. The Labute approximate surface area is 171 Å². The molecule has 1 aliphatic rings. The first-order valence-corrected chi connectivity index (χ1v) is 9.65. The molecule has 1 heterocycles. The number of hydrogen-bond donors (Lipinski definition) is 3. The van der Waals surface area contributed by atoms with Crippen LogP contribution >= 0.6 is 0 Å². The maximum Gasteiger partial charge on any atom is 0.282 e. The maximum absolute atomic E-state index is 12.6. The topological polar surface area (TPSA) is 81.1 Å². The van der Waals surface area contributed by atoms with Crippen molar-refractivity contribution in [3.05, 3.63) is 47.0 Å². The molecule has 0 saturated heterocycles. The van der Waals surface area contributed by atoms with E-state index in [-0.39, 0.29) is 25.2 Å². The number of hydrogen-bond acceptors (Lipinski definition) is 4. The van der Waals surface area contributed by atoms with E-state index < -0.39 is 6.04 Å². The highest BCUT2D eigenvalue weighted by molar-refractivity contribution is 5.95. The first-order valence-electron chi connectivity index (χ1n) is 9.65. The summed E-state index contributed by atoms with van der Waals surface area (Å²) >= 11 is 0. The first kappa shape index (κ1) is 20.7. The van der Waals surface area contributed by atoms with E-state index in [1.807, 2.05) is 40.0 Å². The van der Waals surface area contributed by atoms with Crippen LogP contribution in [0.2, 0.25) is 0 Å². The minimum atomic E-state index is -0.411. The van der Waals surface area contributed by atoms with E-state index >= 15 is 0 Å². The summed E-state index contributed by atoms with van der Waals surface area (Å²) in [4.78, 5) is 25.9. The lowest BCUT2D eigenvalue weighted by molar-refractivity contribution is -0.885. The summed E-state index contributed by atoms with van der Waals surface area (Å²) in [6, 6.07) is 8.94. The molecule has 7 heteroatoms. The minimum absolute atomic E-state index is 0.125. The normalized spacial score (nSPS) is 14.2. The molecular weight excluding hydrogens is 370 g/mol. The molecule has 0 aliphatic carbocycles. The molecule has 0 radical (unpaired) electrons. The summed E-state index contributed by atoms with van der Waals surface area (Å²) in [7, 11) is 1.83. The lowest BCUT2D eigenvalue weighted by Gasteiger charge is -2.21. The average Bonchev–Trinajstić information content (AvgIpc) is 3.11. The van der Waals surface area contributed by atoms with Gasteiger partial charge in [-0.05, 0) is 51.0 Å². The van der Waals surface area contributed by atoms with Gasteiger partial charge < -0.3 is 25.0 Å². The molecule has 154 valence electrons. The number of carbonyl (C=O) groups is 2. The van der Waals surface area contributed by atoms with E-state index in [9.17, 15) is 9.59 Å². The standard InChI is InChI=1S/C22H27N3O4/c1-13-8-14(2)21(15(3)9-13)24-20(26)11-25(5)16(4)22(27)23-17-6-7-18-19(10-17)29-12-28-18/h6-10,16H,11-12H2,1-5H3,(H,23,27)(H,24,26)/p+1/t16-/m0/s1. The second kappa shape index (κ2) is 8.53. The van der Waals surface area contributed by atoms with Crippen LogP contribution in [-0.2, 0) is 9.59 Å².